The summed E-state index contributed by atoms with van der Waals surface area (Å²) >= 11 is 0. The van der Waals surface area contributed by atoms with Crippen molar-refractivity contribution < 1.29 is 22.7 Å². The molecule has 0 N–H and O–H groups in total. The monoisotopic (exact) mass is 568 g/mol. The largest absolute Gasteiger partial charge is 0.475 e. The molecule has 2 fully saturated rings. The van der Waals surface area contributed by atoms with Crippen molar-refractivity contribution in [3.05, 3.63) is 59.3 Å². The Labute approximate surface area is 238 Å². The van der Waals surface area contributed by atoms with Crippen LogP contribution in [0.5, 0.6) is 5.88 Å². The second-order valence-corrected chi connectivity index (χ2v) is 11.0. The Morgan fingerprint density at radius 1 is 1.24 bits per heavy atom. The van der Waals surface area contributed by atoms with Crippen LogP contribution in [0.3, 0.4) is 0 Å². The molecule has 0 aliphatic carbocycles. The minimum Gasteiger partial charge on any atom is -0.475 e. The zero-order valence-electron chi connectivity index (χ0n) is 23.5. The van der Waals surface area contributed by atoms with Crippen molar-refractivity contribution >= 4 is 17.3 Å². The average molecular weight is 569 g/mol. The zero-order valence-corrected chi connectivity index (χ0v) is 23.5. The van der Waals surface area contributed by atoms with E-state index in [-0.39, 0.29) is 36.1 Å². The van der Waals surface area contributed by atoms with Crippen LogP contribution in [0, 0.1) is 11.3 Å². The lowest BCUT2D eigenvalue weighted by Gasteiger charge is -2.43. The van der Waals surface area contributed by atoms with Gasteiger partial charge in [0.2, 0.25) is 11.8 Å². The summed E-state index contributed by atoms with van der Waals surface area (Å²) in [4.78, 5) is 24.9. The number of likely N-dealkylation sites (N-methyl/N-ethyl adjacent to an activating group) is 1. The van der Waals surface area contributed by atoms with Gasteiger partial charge >= 0.3 is 6.18 Å². The summed E-state index contributed by atoms with van der Waals surface area (Å²) in [6.45, 7) is 8.86. The van der Waals surface area contributed by atoms with Gasteiger partial charge in [0.25, 0.3) is 0 Å². The lowest BCUT2D eigenvalue weighted by molar-refractivity contribution is -0.137. The van der Waals surface area contributed by atoms with Crippen molar-refractivity contribution in [2.24, 2.45) is 0 Å². The number of carbonyl (C=O) groups excluding carboxylic acids is 1. The number of hydrogen-bond donors (Lipinski definition) is 0. The van der Waals surface area contributed by atoms with Gasteiger partial charge in [-0.2, -0.15) is 18.4 Å². The van der Waals surface area contributed by atoms with E-state index in [1.807, 2.05) is 14.0 Å². The number of nitriles is 1. The van der Waals surface area contributed by atoms with E-state index in [1.54, 1.807) is 15.9 Å². The first kappa shape index (κ1) is 28.7. The van der Waals surface area contributed by atoms with Crippen molar-refractivity contribution in [1.29, 1.82) is 5.26 Å². The van der Waals surface area contributed by atoms with E-state index in [0.717, 1.165) is 31.0 Å². The van der Waals surface area contributed by atoms with Gasteiger partial charge in [0.15, 0.2) is 0 Å². The number of fused-ring (bicyclic) bond motifs is 1. The molecule has 11 heteroatoms. The minimum absolute atomic E-state index is 0.107. The summed E-state index contributed by atoms with van der Waals surface area (Å²) in [5.41, 5.74) is 1.93. The smallest absolute Gasteiger partial charge is 0.418 e. The van der Waals surface area contributed by atoms with Crippen LogP contribution in [0.4, 0.5) is 24.5 Å². The van der Waals surface area contributed by atoms with Crippen LogP contribution in [0.25, 0.3) is 0 Å². The highest BCUT2D eigenvalue weighted by molar-refractivity contribution is 5.87. The Bertz CT molecular complexity index is 1360. The topological polar surface area (TPSA) is 75.9 Å². The number of benzene rings is 1. The third-order valence-corrected chi connectivity index (χ3v) is 8.44. The van der Waals surface area contributed by atoms with Crippen molar-refractivity contribution in [2.45, 2.75) is 51.0 Å². The molecule has 4 heterocycles. The predicted molar refractivity (Wildman–Crippen MR) is 150 cm³/mol. The molecule has 1 aromatic heterocycles. The Kier molecular flexibility index (Phi) is 8.13. The van der Waals surface area contributed by atoms with Gasteiger partial charge in [-0.05, 0) is 58.0 Å². The van der Waals surface area contributed by atoms with Crippen LogP contribution in [0.2, 0.25) is 0 Å². The molecule has 2 aromatic rings. The first-order valence-corrected chi connectivity index (χ1v) is 14.0. The van der Waals surface area contributed by atoms with E-state index >= 15 is 0 Å². The molecule has 0 spiro atoms. The SMILES string of the molecule is C=CC(=O)N1CCN(c2c(C#N)c(OC[C@@H]3CCCN3C)nc3c2CCN(c2ccccc2C(F)(F)F)C3)[C@@H](C)C1. The van der Waals surface area contributed by atoms with E-state index in [1.165, 1.54) is 18.2 Å². The number of rotatable bonds is 6. The first-order valence-electron chi connectivity index (χ1n) is 14.0. The number of nitrogens with zero attached hydrogens (tertiary/aromatic N) is 6. The van der Waals surface area contributed by atoms with E-state index in [9.17, 15) is 23.2 Å². The number of amides is 1. The van der Waals surface area contributed by atoms with Gasteiger partial charge in [-0.3, -0.25) is 4.79 Å². The van der Waals surface area contributed by atoms with E-state index < -0.39 is 11.7 Å². The molecule has 1 aromatic carbocycles. The molecule has 8 nitrogen and oxygen atoms in total. The maximum Gasteiger partial charge on any atom is 0.418 e. The molecule has 218 valence electrons. The quantitative estimate of drug-likeness (QED) is 0.483. The fourth-order valence-corrected chi connectivity index (χ4v) is 6.24. The van der Waals surface area contributed by atoms with E-state index in [4.69, 9.17) is 9.72 Å². The Hall–Kier alpha value is -3.78. The molecule has 0 unspecified atom stereocenters. The highest BCUT2D eigenvalue weighted by atomic mass is 19.4. The molecule has 0 saturated carbocycles. The Balaban J connectivity index is 1.54. The molecule has 3 aliphatic rings. The fourth-order valence-electron chi connectivity index (χ4n) is 6.24. The number of ether oxygens (including phenoxy) is 1. The number of pyridine rings is 1. The lowest BCUT2D eigenvalue weighted by atomic mass is 9.96. The van der Waals surface area contributed by atoms with Gasteiger partial charge in [0, 0.05) is 49.5 Å². The van der Waals surface area contributed by atoms with Crippen molar-refractivity contribution in [3.63, 3.8) is 0 Å². The van der Waals surface area contributed by atoms with Crippen molar-refractivity contribution in [3.8, 4) is 11.9 Å². The van der Waals surface area contributed by atoms with Crippen molar-refractivity contribution in [1.82, 2.24) is 14.8 Å². The molecule has 3 aliphatic heterocycles. The number of aromatic nitrogens is 1. The zero-order chi connectivity index (χ0) is 29.3. The maximum absolute atomic E-state index is 13.9. The van der Waals surface area contributed by atoms with Crippen LogP contribution in [-0.2, 0) is 23.9 Å². The van der Waals surface area contributed by atoms with E-state index in [2.05, 4.69) is 22.4 Å². The maximum atomic E-state index is 13.9. The van der Waals surface area contributed by atoms with Crippen LogP contribution < -0.4 is 14.5 Å². The summed E-state index contributed by atoms with van der Waals surface area (Å²) in [5.74, 6) is 0.0711. The van der Waals surface area contributed by atoms with Crippen LogP contribution in [0.15, 0.2) is 36.9 Å². The van der Waals surface area contributed by atoms with Gasteiger partial charge < -0.3 is 24.3 Å². The number of carbonyl (C=O) groups is 1. The standard InChI is InChI=1S/C30H35F3N6O2/c1-4-27(40)38-14-15-39(20(2)17-38)28-22-11-13-37(26-10-6-5-9-24(26)30(31,32)33)18-25(22)35-29(23(28)16-34)41-19-21-8-7-12-36(21)3/h4-6,9-10,20-21H,1,7-8,11-15,17-19H2,2-3H3/t20-,21-/m0/s1. The lowest BCUT2D eigenvalue weighted by Crippen LogP contribution is -2.54. The summed E-state index contributed by atoms with van der Waals surface area (Å²) in [5, 5.41) is 10.4. The molecule has 0 radical (unpaired) electrons. The first-order chi connectivity index (χ1) is 19.6. The number of para-hydroxylation sites is 1. The minimum atomic E-state index is -4.49. The Morgan fingerprint density at radius 3 is 2.68 bits per heavy atom. The molecule has 5 rings (SSSR count). The number of hydrogen-bond acceptors (Lipinski definition) is 7. The van der Waals surface area contributed by atoms with Gasteiger partial charge in [-0.15, -0.1) is 0 Å². The molecule has 0 bridgehead atoms. The number of likely N-dealkylation sites (tertiary alicyclic amines) is 1. The normalized spacial score (nSPS) is 21.4. The van der Waals surface area contributed by atoms with Gasteiger partial charge in [-0.1, -0.05) is 18.7 Å². The van der Waals surface area contributed by atoms with Crippen LogP contribution in [-0.4, -0.2) is 79.2 Å². The molecular formula is C30H35F3N6O2. The highest BCUT2D eigenvalue weighted by Gasteiger charge is 2.38. The highest BCUT2D eigenvalue weighted by Crippen LogP contribution is 2.41. The third-order valence-electron chi connectivity index (χ3n) is 8.44. The second kappa shape index (κ2) is 11.6. The number of halogens is 3. The summed E-state index contributed by atoms with van der Waals surface area (Å²) in [7, 11) is 2.04. The predicted octanol–water partition coefficient (Wildman–Crippen LogP) is 4.23. The molecule has 1 amide bonds. The fraction of sp³-hybridized carbons (Fsp3) is 0.500. The molecule has 41 heavy (non-hydrogen) atoms. The Morgan fingerprint density at radius 2 is 2.02 bits per heavy atom. The van der Waals surface area contributed by atoms with Gasteiger partial charge in [-0.25, -0.2) is 4.98 Å². The summed E-state index contributed by atoms with van der Waals surface area (Å²) in [6, 6.07) is 8.01. The van der Waals surface area contributed by atoms with Crippen LogP contribution >= 0.6 is 0 Å². The summed E-state index contributed by atoms with van der Waals surface area (Å²) < 4.78 is 47.8. The molecular weight excluding hydrogens is 533 g/mol. The van der Waals surface area contributed by atoms with E-state index in [0.29, 0.717) is 56.2 Å². The molecule has 2 atom stereocenters. The third kappa shape index (κ3) is 5.71. The van der Waals surface area contributed by atoms with Crippen molar-refractivity contribution in [2.75, 3.05) is 56.2 Å². The average Bonchev–Trinajstić information content (AvgIpc) is 3.38. The number of alkyl halides is 3. The van der Waals surface area contributed by atoms with Crippen LogP contribution in [0.1, 0.15) is 42.1 Å². The second-order valence-electron chi connectivity index (χ2n) is 11.0. The number of anilines is 2. The number of piperazine rings is 1. The van der Waals surface area contributed by atoms with Gasteiger partial charge in [0.1, 0.15) is 18.2 Å². The molecule has 2 saturated heterocycles. The van der Waals surface area contributed by atoms with Gasteiger partial charge in [0.05, 0.1) is 23.5 Å². The summed E-state index contributed by atoms with van der Waals surface area (Å²) in [6.07, 6.45) is -0.717.